The Morgan fingerprint density at radius 2 is 1.73 bits per heavy atom. The smallest absolute Gasteiger partial charge is 0.462 e. The number of esters is 1. The van der Waals surface area contributed by atoms with Crippen molar-refractivity contribution in [3.8, 4) is 0 Å². The van der Waals surface area contributed by atoms with Crippen LogP contribution in [-0.4, -0.2) is 72.2 Å². The van der Waals surface area contributed by atoms with Gasteiger partial charge in [-0.05, 0) is 32.6 Å². The van der Waals surface area contributed by atoms with Crippen LogP contribution >= 0.6 is 19.6 Å². The molecule has 1 amide bonds. The lowest BCUT2D eigenvalue weighted by Crippen LogP contribution is -2.49. The van der Waals surface area contributed by atoms with E-state index in [0.29, 0.717) is 25.0 Å². The monoisotopic (exact) mass is 624 g/mol. The van der Waals surface area contributed by atoms with Crippen LogP contribution in [0.1, 0.15) is 80.6 Å². The van der Waals surface area contributed by atoms with E-state index in [1.54, 1.807) is 41.5 Å². The highest BCUT2D eigenvalue weighted by Crippen LogP contribution is 2.57. The number of carbonyl (C=O) groups is 5. The number of ether oxygens (including phenoxy) is 2. The van der Waals surface area contributed by atoms with Crippen molar-refractivity contribution in [3.63, 3.8) is 0 Å². The Bertz CT molecular complexity index is 986. The number of nitrogens with one attached hydrogen (secondary N) is 1. The number of nitrogens with two attached hydrogens (primary N) is 1. The highest BCUT2D eigenvalue weighted by atomic mass is 32.2. The number of Topliss-reactive ketones (excluding diaryl/α,β-unsaturated/α-hetero) is 2. The first kappa shape index (κ1) is 37.2. The summed E-state index contributed by atoms with van der Waals surface area (Å²) in [6, 6.07) is -0.796. The predicted molar refractivity (Wildman–Crippen MR) is 152 cm³/mol. The maximum atomic E-state index is 13.0. The second-order valence-corrected chi connectivity index (χ2v) is 14.5. The summed E-state index contributed by atoms with van der Waals surface area (Å²) in [5.41, 5.74) is 3.92. The van der Waals surface area contributed by atoms with Gasteiger partial charge in [-0.25, -0.2) is 13.9 Å². The zero-order valence-electron chi connectivity index (χ0n) is 25.0. The van der Waals surface area contributed by atoms with Crippen LogP contribution in [0.25, 0.3) is 0 Å². The molecular formula is C26H45N2O11PS. The number of hydrogen-bond acceptors (Lipinski definition) is 13. The molecule has 3 atom stereocenters. The fraction of sp³-hybridized carbons (Fsp3) is 0.808. The number of alkyl carbamates (subject to hydrolysis) is 1. The van der Waals surface area contributed by atoms with Gasteiger partial charge >= 0.3 is 19.9 Å². The van der Waals surface area contributed by atoms with Crippen LogP contribution in [0.15, 0.2) is 0 Å². The highest BCUT2D eigenvalue weighted by Gasteiger charge is 2.48. The summed E-state index contributed by atoms with van der Waals surface area (Å²) < 4.78 is 38.9. The van der Waals surface area contributed by atoms with Crippen LogP contribution in [0, 0.1) is 11.3 Å². The first-order chi connectivity index (χ1) is 18.9. The van der Waals surface area contributed by atoms with Crippen molar-refractivity contribution >= 4 is 48.3 Å². The third-order valence-corrected chi connectivity index (χ3v) is 8.26. The molecule has 41 heavy (non-hydrogen) atoms. The number of rotatable bonds is 17. The summed E-state index contributed by atoms with van der Waals surface area (Å²) in [5.74, 6) is -0.494. The summed E-state index contributed by atoms with van der Waals surface area (Å²) in [4.78, 5) is 60.1. The van der Waals surface area contributed by atoms with Gasteiger partial charge in [0.15, 0.2) is 10.9 Å². The Labute approximate surface area is 246 Å². The van der Waals surface area contributed by atoms with Crippen molar-refractivity contribution < 1.29 is 51.6 Å². The van der Waals surface area contributed by atoms with E-state index in [4.69, 9.17) is 28.8 Å². The molecule has 1 fully saturated rings. The van der Waals surface area contributed by atoms with E-state index in [1.165, 1.54) is 18.7 Å². The quantitative estimate of drug-likeness (QED) is 0.103. The minimum absolute atomic E-state index is 0.000916. The molecule has 0 aromatic rings. The molecule has 13 nitrogen and oxygen atoms in total. The number of hydrogen-bond donors (Lipinski definition) is 2. The topological polar surface area (TPSA) is 187 Å². The Hall–Kier alpha value is -1.83. The fourth-order valence-corrected chi connectivity index (χ4v) is 5.61. The zero-order valence-corrected chi connectivity index (χ0v) is 26.7. The van der Waals surface area contributed by atoms with Gasteiger partial charge in [-0.3, -0.25) is 28.2 Å². The number of carbonyl (C=O) groups excluding carboxylic acids is 5. The molecule has 1 saturated heterocycles. The van der Waals surface area contributed by atoms with Crippen LogP contribution < -0.4 is 11.1 Å². The zero-order chi connectivity index (χ0) is 31.4. The van der Waals surface area contributed by atoms with Crippen molar-refractivity contribution in [2.24, 2.45) is 17.1 Å². The van der Waals surface area contributed by atoms with Gasteiger partial charge in [0.2, 0.25) is 6.79 Å². The standard InChI is InChI=1S/C26H45N2O11PS/c1-17(2)21(27)23(32)35-15-26(6,7)28-24(33)36-16-38-40(34)37-14-25(4,5)22(39-40)20(31)12-8-10-19(30)11-9-13-41-18(3)29/h17,21-22H,8-16,27H2,1-7H3,(H,28,33)/t21-,22-,40?/m0/s1. The van der Waals surface area contributed by atoms with E-state index in [9.17, 15) is 28.5 Å². The Morgan fingerprint density at radius 1 is 1.10 bits per heavy atom. The first-order valence-electron chi connectivity index (χ1n) is 13.5. The second-order valence-electron chi connectivity index (χ2n) is 11.6. The van der Waals surface area contributed by atoms with Gasteiger partial charge in [-0.15, -0.1) is 0 Å². The molecule has 15 heteroatoms. The Balaban J connectivity index is 2.51. The first-order valence-corrected chi connectivity index (χ1v) is 15.9. The van der Waals surface area contributed by atoms with Gasteiger partial charge in [0.1, 0.15) is 24.5 Å². The van der Waals surface area contributed by atoms with E-state index < -0.39 is 49.8 Å². The minimum Gasteiger partial charge on any atom is -0.462 e. The SMILES string of the molecule is CC(=O)SCCCC(=O)CCCC(=O)[C@@H]1OP(=O)(OCOC(=O)NC(C)(C)COC(=O)[C@@H](N)C(C)C)OCC1(C)C. The summed E-state index contributed by atoms with van der Waals surface area (Å²) in [6.07, 6.45) is -0.605. The molecular weight excluding hydrogens is 579 g/mol. The lowest BCUT2D eigenvalue weighted by atomic mass is 9.84. The van der Waals surface area contributed by atoms with E-state index >= 15 is 0 Å². The molecule has 236 valence electrons. The molecule has 0 spiro atoms. The van der Waals surface area contributed by atoms with Gasteiger partial charge in [-0.1, -0.05) is 39.5 Å². The number of phosphoric acid groups is 1. The molecule has 0 saturated carbocycles. The Morgan fingerprint density at radius 3 is 2.34 bits per heavy atom. The second kappa shape index (κ2) is 16.7. The third-order valence-electron chi connectivity index (χ3n) is 6.02. The molecule has 0 bridgehead atoms. The van der Waals surface area contributed by atoms with Crippen molar-refractivity contribution in [2.45, 2.75) is 98.3 Å². The van der Waals surface area contributed by atoms with Crippen molar-refractivity contribution in [1.82, 2.24) is 5.32 Å². The molecule has 1 aliphatic heterocycles. The maximum Gasteiger partial charge on any atom is 0.478 e. The largest absolute Gasteiger partial charge is 0.478 e. The van der Waals surface area contributed by atoms with E-state index in [0.717, 1.165) is 0 Å². The Kier molecular flexibility index (Phi) is 15.2. The fourth-order valence-electron chi connectivity index (χ4n) is 3.50. The minimum atomic E-state index is -4.24. The number of amides is 1. The van der Waals surface area contributed by atoms with Gasteiger partial charge in [0, 0.05) is 37.4 Å². The lowest BCUT2D eigenvalue weighted by molar-refractivity contribution is -0.148. The molecule has 0 radical (unpaired) electrons. The number of thioether (sulfide) groups is 1. The average Bonchev–Trinajstić information content (AvgIpc) is 2.86. The predicted octanol–water partition coefficient (Wildman–Crippen LogP) is 3.91. The van der Waals surface area contributed by atoms with Gasteiger partial charge in [-0.2, -0.15) is 0 Å². The maximum absolute atomic E-state index is 13.0. The molecule has 0 aromatic carbocycles. The molecule has 0 aromatic heterocycles. The van der Waals surface area contributed by atoms with Gasteiger partial charge in [0.05, 0.1) is 12.1 Å². The highest BCUT2D eigenvalue weighted by molar-refractivity contribution is 8.13. The van der Waals surface area contributed by atoms with Crippen molar-refractivity contribution in [3.05, 3.63) is 0 Å². The number of phosphoric ester groups is 1. The van der Waals surface area contributed by atoms with Crippen LogP contribution in [0.5, 0.6) is 0 Å². The summed E-state index contributed by atoms with van der Waals surface area (Å²) >= 11 is 1.17. The molecule has 1 heterocycles. The third kappa shape index (κ3) is 14.3. The normalized spacial score (nSPS) is 21.1. The van der Waals surface area contributed by atoms with Gasteiger partial charge < -0.3 is 20.5 Å². The van der Waals surface area contributed by atoms with E-state index in [2.05, 4.69) is 5.32 Å². The summed E-state index contributed by atoms with van der Waals surface area (Å²) in [6.45, 7) is 10.6. The van der Waals surface area contributed by atoms with Crippen LogP contribution in [0.2, 0.25) is 0 Å². The molecule has 1 unspecified atom stereocenters. The molecule has 3 N–H and O–H groups in total. The van der Waals surface area contributed by atoms with E-state index in [1.807, 2.05) is 0 Å². The summed E-state index contributed by atoms with van der Waals surface area (Å²) in [7, 11) is -4.24. The van der Waals surface area contributed by atoms with Crippen molar-refractivity contribution in [1.29, 1.82) is 0 Å². The molecule has 1 rings (SSSR count). The van der Waals surface area contributed by atoms with Crippen molar-refractivity contribution in [2.75, 3.05) is 25.8 Å². The average molecular weight is 625 g/mol. The van der Waals surface area contributed by atoms with Crippen LogP contribution in [0.3, 0.4) is 0 Å². The van der Waals surface area contributed by atoms with Crippen LogP contribution in [0.4, 0.5) is 4.79 Å². The molecule has 0 aliphatic carbocycles. The lowest BCUT2D eigenvalue weighted by Gasteiger charge is -2.39. The molecule has 1 aliphatic rings. The van der Waals surface area contributed by atoms with Crippen LogP contribution in [-0.2, 0) is 46.8 Å². The van der Waals surface area contributed by atoms with E-state index in [-0.39, 0.29) is 48.7 Å². The van der Waals surface area contributed by atoms with Gasteiger partial charge in [0.25, 0.3) is 0 Å². The number of ketones is 2. The summed E-state index contributed by atoms with van der Waals surface area (Å²) in [5, 5.41) is 2.50.